The predicted molar refractivity (Wildman–Crippen MR) is 107 cm³/mol. The molecule has 0 aliphatic rings. The number of halogens is 1. The largest absolute Gasteiger partial charge is 0.487 e. The van der Waals surface area contributed by atoms with Crippen LogP contribution >= 0.6 is 11.6 Å². The van der Waals surface area contributed by atoms with Crippen molar-refractivity contribution in [1.82, 2.24) is 0 Å². The highest BCUT2D eigenvalue weighted by molar-refractivity contribution is 6.32. The van der Waals surface area contributed by atoms with Crippen LogP contribution in [-0.4, -0.2) is 12.1 Å². The highest BCUT2D eigenvalue weighted by atomic mass is 35.5. The topological polar surface area (TPSA) is 59.3 Å². The molecule has 4 nitrogen and oxygen atoms in total. The van der Waals surface area contributed by atoms with Crippen molar-refractivity contribution in [2.45, 2.75) is 40.4 Å². The molecule has 0 saturated carbocycles. The minimum absolute atomic E-state index is 0.0321. The van der Waals surface area contributed by atoms with Gasteiger partial charge < -0.3 is 9.47 Å². The van der Waals surface area contributed by atoms with E-state index in [0.29, 0.717) is 17.4 Å². The van der Waals surface area contributed by atoms with Gasteiger partial charge in [-0.15, -0.1) is 0 Å². The fourth-order valence-electron chi connectivity index (χ4n) is 2.55. The molecule has 0 atom stereocenters. The van der Waals surface area contributed by atoms with Crippen LogP contribution in [0.1, 0.15) is 36.1 Å². The van der Waals surface area contributed by atoms with Crippen molar-refractivity contribution in [3.8, 4) is 11.8 Å². The average Bonchev–Trinajstić information content (AvgIpc) is 2.61. The van der Waals surface area contributed by atoms with Crippen LogP contribution in [0.5, 0.6) is 5.75 Å². The van der Waals surface area contributed by atoms with Crippen molar-refractivity contribution < 1.29 is 14.3 Å². The van der Waals surface area contributed by atoms with E-state index in [1.165, 1.54) is 0 Å². The summed E-state index contributed by atoms with van der Waals surface area (Å²) in [6.07, 6.45) is 1.28. The van der Waals surface area contributed by atoms with Crippen LogP contribution in [0.15, 0.2) is 42.0 Å². The molecule has 0 spiro atoms. The van der Waals surface area contributed by atoms with E-state index in [2.05, 4.69) is 0 Å². The summed E-state index contributed by atoms with van der Waals surface area (Å²) in [5.41, 5.74) is 3.63. The van der Waals surface area contributed by atoms with Crippen LogP contribution in [0, 0.1) is 25.2 Å². The zero-order valence-electron chi connectivity index (χ0n) is 15.9. The van der Waals surface area contributed by atoms with Gasteiger partial charge >= 0.3 is 5.97 Å². The van der Waals surface area contributed by atoms with Crippen LogP contribution < -0.4 is 4.74 Å². The molecule has 140 valence electrons. The first-order valence-electron chi connectivity index (χ1n) is 8.62. The first kappa shape index (κ1) is 20.5. The van der Waals surface area contributed by atoms with Gasteiger partial charge in [-0.05, 0) is 62.6 Å². The summed E-state index contributed by atoms with van der Waals surface area (Å²) in [5, 5.41) is 9.87. The maximum absolute atomic E-state index is 12.1. The number of ether oxygens (including phenoxy) is 2. The molecule has 2 aromatic carbocycles. The van der Waals surface area contributed by atoms with E-state index in [9.17, 15) is 10.1 Å². The Kier molecular flexibility index (Phi) is 7.04. The second kappa shape index (κ2) is 9.25. The Hall–Kier alpha value is -2.77. The highest BCUT2D eigenvalue weighted by Gasteiger charge is 2.14. The van der Waals surface area contributed by atoms with Crippen molar-refractivity contribution in [3.05, 3.63) is 69.2 Å². The minimum Gasteiger partial charge on any atom is -0.487 e. The Morgan fingerprint density at radius 3 is 2.59 bits per heavy atom. The number of rotatable bonds is 6. The van der Waals surface area contributed by atoms with E-state index in [1.807, 2.05) is 50.2 Å². The summed E-state index contributed by atoms with van der Waals surface area (Å²) in [6.45, 7) is 7.70. The van der Waals surface area contributed by atoms with Crippen LogP contribution in [0.3, 0.4) is 0 Å². The number of para-hydroxylation sites is 1. The lowest BCUT2D eigenvalue weighted by Gasteiger charge is -2.13. The zero-order chi connectivity index (χ0) is 20.0. The summed E-state index contributed by atoms with van der Waals surface area (Å²) < 4.78 is 11.0. The van der Waals surface area contributed by atoms with Crippen molar-refractivity contribution in [2.75, 3.05) is 0 Å². The van der Waals surface area contributed by atoms with Gasteiger partial charge in [0, 0.05) is 0 Å². The second-order valence-electron chi connectivity index (χ2n) is 6.48. The van der Waals surface area contributed by atoms with Crippen molar-refractivity contribution in [3.63, 3.8) is 0 Å². The second-order valence-corrected chi connectivity index (χ2v) is 6.89. The fraction of sp³-hybridized carbons (Fsp3) is 0.273. The molecule has 0 unspecified atom stereocenters. The van der Waals surface area contributed by atoms with Gasteiger partial charge in [0.25, 0.3) is 0 Å². The molecule has 0 bridgehead atoms. The van der Waals surface area contributed by atoms with E-state index >= 15 is 0 Å². The molecule has 5 heteroatoms. The van der Waals surface area contributed by atoms with Gasteiger partial charge in [0.1, 0.15) is 24.0 Å². The van der Waals surface area contributed by atoms with Gasteiger partial charge in [-0.25, -0.2) is 4.79 Å². The third-order valence-electron chi connectivity index (χ3n) is 3.90. The Morgan fingerprint density at radius 2 is 1.96 bits per heavy atom. The normalized spacial score (nSPS) is 11.2. The Morgan fingerprint density at radius 1 is 1.26 bits per heavy atom. The highest BCUT2D eigenvalue weighted by Crippen LogP contribution is 2.26. The molecule has 0 heterocycles. The molecule has 0 amide bonds. The maximum atomic E-state index is 12.1. The number of carbonyl (C=O) groups is 1. The summed E-state index contributed by atoms with van der Waals surface area (Å²) in [5.74, 6) is -0.0161. The number of aryl methyl sites for hydroxylation is 1. The summed E-state index contributed by atoms with van der Waals surface area (Å²) in [4.78, 5) is 12.1. The van der Waals surface area contributed by atoms with E-state index in [1.54, 1.807) is 26.0 Å². The first-order valence-corrected chi connectivity index (χ1v) is 8.99. The smallest absolute Gasteiger partial charge is 0.349 e. The van der Waals surface area contributed by atoms with Crippen molar-refractivity contribution in [2.24, 2.45) is 0 Å². The molecule has 2 rings (SSSR count). The van der Waals surface area contributed by atoms with E-state index in [0.717, 1.165) is 22.3 Å². The average molecular weight is 384 g/mol. The molecule has 27 heavy (non-hydrogen) atoms. The van der Waals surface area contributed by atoms with Crippen molar-refractivity contribution >= 4 is 23.6 Å². The molecule has 0 fully saturated rings. The first-order chi connectivity index (χ1) is 12.8. The number of nitriles is 1. The van der Waals surface area contributed by atoms with Gasteiger partial charge in [0.2, 0.25) is 0 Å². The maximum Gasteiger partial charge on any atom is 0.349 e. The monoisotopic (exact) mass is 383 g/mol. The zero-order valence-corrected chi connectivity index (χ0v) is 16.6. The number of benzene rings is 2. The minimum atomic E-state index is -0.623. The summed E-state index contributed by atoms with van der Waals surface area (Å²) in [7, 11) is 0. The molecular formula is C22H22ClNO3. The van der Waals surface area contributed by atoms with Gasteiger partial charge in [-0.1, -0.05) is 41.4 Å². The SMILES string of the molecule is Cc1cc(/C=C(\C#N)C(=O)OC(C)C)c(C)c(COc2ccccc2Cl)c1. The molecule has 0 aliphatic carbocycles. The van der Waals surface area contributed by atoms with E-state index in [-0.39, 0.29) is 11.7 Å². The molecule has 0 radical (unpaired) electrons. The number of hydrogen-bond donors (Lipinski definition) is 0. The third-order valence-corrected chi connectivity index (χ3v) is 4.21. The van der Waals surface area contributed by atoms with E-state index in [4.69, 9.17) is 21.1 Å². The standard InChI is InChI=1S/C22H22ClNO3/c1-14(2)27-22(25)18(12-24)11-17-9-15(3)10-19(16(17)4)13-26-21-8-6-5-7-20(21)23/h5-11,14H,13H2,1-4H3/b18-11+. The summed E-state index contributed by atoms with van der Waals surface area (Å²) in [6, 6.07) is 13.1. The number of esters is 1. The van der Waals surface area contributed by atoms with Gasteiger partial charge in [0.05, 0.1) is 11.1 Å². The molecular weight excluding hydrogens is 362 g/mol. The lowest BCUT2D eigenvalue weighted by atomic mass is 9.98. The van der Waals surface area contributed by atoms with Crippen LogP contribution in [0.4, 0.5) is 0 Å². The molecule has 0 N–H and O–H groups in total. The lowest BCUT2D eigenvalue weighted by molar-refractivity contribution is -0.142. The van der Waals surface area contributed by atoms with Crippen LogP contribution in [-0.2, 0) is 16.1 Å². The molecule has 2 aromatic rings. The lowest BCUT2D eigenvalue weighted by Crippen LogP contribution is -2.13. The van der Waals surface area contributed by atoms with Crippen LogP contribution in [0.25, 0.3) is 6.08 Å². The third kappa shape index (κ3) is 5.60. The number of nitrogens with zero attached hydrogens (tertiary/aromatic N) is 1. The molecule has 0 aromatic heterocycles. The molecule has 0 saturated heterocycles. The number of carbonyl (C=O) groups excluding carboxylic acids is 1. The van der Waals surface area contributed by atoms with Crippen LogP contribution in [0.2, 0.25) is 5.02 Å². The van der Waals surface area contributed by atoms with Gasteiger partial charge in [-0.3, -0.25) is 0 Å². The predicted octanol–water partition coefficient (Wildman–Crippen LogP) is 5.39. The summed E-state index contributed by atoms with van der Waals surface area (Å²) >= 11 is 6.13. The Bertz CT molecular complexity index is 910. The molecule has 0 aliphatic heterocycles. The van der Waals surface area contributed by atoms with E-state index < -0.39 is 5.97 Å². The van der Waals surface area contributed by atoms with Gasteiger partial charge in [0.15, 0.2) is 0 Å². The van der Waals surface area contributed by atoms with Crippen molar-refractivity contribution in [1.29, 1.82) is 5.26 Å². The quantitative estimate of drug-likeness (QED) is 0.381. The Balaban J connectivity index is 2.31. The fourth-order valence-corrected chi connectivity index (χ4v) is 2.74. The number of hydrogen-bond acceptors (Lipinski definition) is 4. The Labute approximate surface area is 165 Å². The van der Waals surface area contributed by atoms with Gasteiger partial charge in [-0.2, -0.15) is 5.26 Å².